The van der Waals surface area contributed by atoms with Crippen molar-refractivity contribution in [2.24, 2.45) is 0 Å². The smallest absolute Gasteiger partial charge is 0.0589 e. The van der Waals surface area contributed by atoms with Crippen molar-refractivity contribution < 1.29 is 4.74 Å². The Labute approximate surface area is 75.1 Å². The molecule has 3 heteroatoms. The Morgan fingerprint density at radius 1 is 1.58 bits per heavy atom. The van der Waals surface area contributed by atoms with E-state index in [9.17, 15) is 0 Å². The van der Waals surface area contributed by atoms with E-state index in [1.165, 1.54) is 13.0 Å². The van der Waals surface area contributed by atoms with Crippen LogP contribution in [0.15, 0.2) is 0 Å². The summed E-state index contributed by atoms with van der Waals surface area (Å²) in [5, 5.41) is 3.47. The Bertz CT molecular complexity index is 119. The fraction of sp³-hybridized carbons (Fsp3) is 1.00. The van der Waals surface area contributed by atoms with Gasteiger partial charge in [-0.05, 0) is 26.4 Å². The second-order valence-electron chi connectivity index (χ2n) is 3.50. The van der Waals surface area contributed by atoms with Crippen LogP contribution in [0, 0.1) is 0 Å². The number of hydrogen-bond donors (Lipinski definition) is 1. The largest absolute Gasteiger partial charge is 0.383 e. The highest BCUT2D eigenvalue weighted by Crippen LogP contribution is 1.99. The normalized spacial score (nSPS) is 27.0. The second kappa shape index (κ2) is 5.51. The van der Waals surface area contributed by atoms with Gasteiger partial charge in [-0.25, -0.2) is 0 Å². The minimum atomic E-state index is 0.629. The molecule has 1 N–H and O–H groups in total. The zero-order chi connectivity index (χ0) is 8.81. The molecule has 0 bridgehead atoms. The van der Waals surface area contributed by atoms with Crippen LogP contribution in [0.1, 0.15) is 13.3 Å². The molecular weight excluding hydrogens is 152 g/mol. The standard InChI is InChI=1S/C9H20N2O/c1-9-8-11(6-7-12-2)5-3-4-10-9/h9-10H,3-8H2,1-2H3. The molecule has 1 aliphatic heterocycles. The molecule has 3 nitrogen and oxygen atoms in total. The van der Waals surface area contributed by atoms with Gasteiger partial charge >= 0.3 is 0 Å². The highest BCUT2D eigenvalue weighted by Gasteiger charge is 2.12. The zero-order valence-corrected chi connectivity index (χ0v) is 8.18. The molecule has 1 fully saturated rings. The first kappa shape index (κ1) is 9.96. The van der Waals surface area contributed by atoms with Crippen LogP contribution in [0.3, 0.4) is 0 Å². The summed E-state index contributed by atoms with van der Waals surface area (Å²) in [4.78, 5) is 2.47. The van der Waals surface area contributed by atoms with Crippen LogP contribution in [0.4, 0.5) is 0 Å². The third kappa shape index (κ3) is 3.52. The summed E-state index contributed by atoms with van der Waals surface area (Å²) in [5.41, 5.74) is 0. The van der Waals surface area contributed by atoms with E-state index >= 15 is 0 Å². The van der Waals surface area contributed by atoms with Gasteiger partial charge in [-0.15, -0.1) is 0 Å². The highest BCUT2D eigenvalue weighted by molar-refractivity contribution is 4.72. The number of hydrogen-bond acceptors (Lipinski definition) is 3. The third-order valence-electron chi connectivity index (χ3n) is 2.29. The number of nitrogens with zero attached hydrogens (tertiary/aromatic N) is 1. The van der Waals surface area contributed by atoms with E-state index in [0.29, 0.717) is 6.04 Å². The van der Waals surface area contributed by atoms with E-state index in [2.05, 4.69) is 17.1 Å². The number of rotatable bonds is 3. The Morgan fingerprint density at radius 3 is 3.17 bits per heavy atom. The van der Waals surface area contributed by atoms with Gasteiger partial charge in [0.05, 0.1) is 6.61 Å². The van der Waals surface area contributed by atoms with Gasteiger partial charge in [-0.2, -0.15) is 0 Å². The van der Waals surface area contributed by atoms with Crippen LogP contribution in [0.5, 0.6) is 0 Å². The topological polar surface area (TPSA) is 24.5 Å². The maximum atomic E-state index is 5.06. The lowest BCUT2D eigenvalue weighted by Gasteiger charge is -2.21. The molecule has 1 aliphatic rings. The van der Waals surface area contributed by atoms with Crippen molar-refractivity contribution in [2.75, 3.05) is 39.9 Å². The lowest BCUT2D eigenvalue weighted by Crippen LogP contribution is -2.36. The van der Waals surface area contributed by atoms with Gasteiger partial charge in [0.2, 0.25) is 0 Å². The molecular formula is C9H20N2O. The van der Waals surface area contributed by atoms with Gasteiger partial charge in [0.1, 0.15) is 0 Å². The first-order chi connectivity index (χ1) is 5.83. The predicted molar refractivity (Wildman–Crippen MR) is 50.4 cm³/mol. The summed E-state index contributed by atoms with van der Waals surface area (Å²) in [6.07, 6.45) is 1.26. The maximum Gasteiger partial charge on any atom is 0.0589 e. The molecule has 0 aromatic carbocycles. The molecule has 0 radical (unpaired) electrons. The maximum absolute atomic E-state index is 5.06. The Hall–Kier alpha value is -0.120. The Balaban J connectivity index is 2.21. The van der Waals surface area contributed by atoms with Gasteiger partial charge in [0.15, 0.2) is 0 Å². The number of nitrogens with one attached hydrogen (secondary N) is 1. The van der Waals surface area contributed by atoms with Gasteiger partial charge < -0.3 is 10.1 Å². The summed E-state index contributed by atoms with van der Waals surface area (Å²) >= 11 is 0. The van der Waals surface area contributed by atoms with Crippen molar-refractivity contribution >= 4 is 0 Å². The third-order valence-corrected chi connectivity index (χ3v) is 2.29. The molecule has 1 atom stereocenters. The minimum Gasteiger partial charge on any atom is -0.383 e. The summed E-state index contributed by atoms with van der Waals surface area (Å²) in [6, 6.07) is 0.629. The Morgan fingerprint density at radius 2 is 2.42 bits per heavy atom. The van der Waals surface area contributed by atoms with Crippen LogP contribution in [0.25, 0.3) is 0 Å². The molecule has 72 valence electrons. The summed E-state index contributed by atoms with van der Waals surface area (Å²) in [7, 11) is 1.76. The molecule has 0 aromatic rings. The monoisotopic (exact) mass is 172 g/mol. The fourth-order valence-corrected chi connectivity index (χ4v) is 1.62. The van der Waals surface area contributed by atoms with Crippen molar-refractivity contribution in [3.05, 3.63) is 0 Å². The highest BCUT2D eigenvalue weighted by atomic mass is 16.5. The van der Waals surface area contributed by atoms with Crippen LogP contribution in [-0.4, -0.2) is 50.8 Å². The van der Waals surface area contributed by atoms with E-state index < -0.39 is 0 Å². The van der Waals surface area contributed by atoms with Crippen molar-refractivity contribution in [2.45, 2.75) is 19.4 Å². The summed E-state index contributed by atoms with van der Waals surface area (Å²) < 4.78 is 5.06. The second-order valence-corrected chi connectivity index (χ2v) is 3.50. The minimum absolute atomic E-state index is 0.629. The van der Waals surface area contributed by atoms with Gasteiger partial charge in [-0.1, -0.05) is 0 Å². The molecule has 0 saturated carbocycles. The van der Waals surface area contributed by atoms with Gasteiger partial charge in [0, 0.05) is 26.2 Å². The van der Waals surface area contributed by atoms with E-state index in [1.807, 2.05) is 0 Å². The quantitative estimate of drug-likeness (QED) is 0.663. The SMILES string of the molecule is COCCN1CCCNC(C)C1. The molecule has 1 rings (SSSR count). The molecule has 0 aromatic heterocycles. The molecule has 1 heterocycles. The molecule has 0 aliphatic carbocycles. The molecule has 12 heavy (non-hydrogen) atoms. The van der Waals surface area contributed by atoms with Gasteiger partial charge in [-0.3, -0.25) is 4.90 Å². The van der Waals surface area contributed by atoms with E-state index in [4.69, 9.17) is 4.74 Å². The van der Waals surface area contributed by atoms with Crippen molar-refractivity contribution in [1.29, 1.82) is 0 Å². The van der Waals surface area contributed by atoms with Crippen LogP contribution in [-0.2, 0) is 4.74 Å². The average molecular weight is 172 g/mol. The lowest BCUT2D eigenvalue weighted by atomic mass is 10.3. The fourth-order valence-electron chi connectivity index (χ4n) is 1.62. The number of methoxy groups -OCH3 is 1. The lowest BCUT2D eigenvalue weighted by molar-refractivity contribution is 0.147. The van der Waals surface area contributed by atoms with E-state index in [0.717, 1.165) is 26.2 Å². The molecule has 0 spiro atoms. The molecule has 0 amide bonds. The Kier molecular flexibility index (Phi) is 4.58. The van der Waals surface area contributed by atoms with Gasteiger partial charge in [0.25, 0.3) is 0 Å². The summed E-state index contributed by atoms with van der Waals surface area (Å²) in [6.45, 7) is 7.69. The number of ether oxygens (including phenoxy) is 1. The van der Waals surface area contributed by atoms with Crippen molar-refractivity contribution in [3.8, 4) is 0 Å². The first-order valence-corrected chi connectivity index (χ1v) is 4.77. The van der Waals surface area contributed by atoms with E-state index in [1.54, 1.807) is 7.11 Å². The van der Waals surface area contributed by atoms with Crippen LogP contribution < -0.4 is 5.32 Å². The van der Waals surface area contributed by atoms with Crippen molar-refractivity contribution in [1.82, 2.24) is 10.2 Å². The summed E-state index contributed by atoms with van der Waals surface area (Å²) in [5.74, 6) is 0. The molecule has 1 saturated heterocycles. The molecule has 1 unspecified atom stereocenters. The predicted octanol–water partition coefficient (Wildman–Crippen LogP) is 0.317. The first-order valence-electron chi connectivity index (χ1n) is 4.77. The average Bonchev–Trinajstić information content (AvgIpc) is 2.26. The van der Waals surface area contributed by atoms with Crippen LogP contribution >= 0.6 is 0 Å². The van der Waals surface area contributed by atoms with Crippen LogP contribution in [0.2, 0.25) is 0 Å². The van der Waals surface area contributed by atoms with E-state index in [-0.39, 0.29) is 0 Å². The zero-order valence-electron chi connectivity index (χ0n) is 8.18. The van der Waals surface area contributed by atoms with Crippen molar-refractivity contribution in [3.63, 3.8) is 0 Å².